The summed E-state index contributed by atoms with van der Waals surface area (Å²) in [6.07, 6.45) is 0. The van der Waals surface area contributed by atoms with Crippen LogP contribution in [-0.4, -0.2) is 11.8 Å². The second kappa shape index (κ2) is 5.13. The van der Waals surface area contributed by atoms with Gasteiger partial charge in [0.1, 0.15) is 0 Å². The van der Waals surface area contributed by atoms with Crippen molar-refractivity contribution in [3.63, 3.8) is 0 Å². The Balaban J connectivity index is 2.20. The molecule has 3 nitrogen and oxygen atoms in total. The number of thiophene rings is 1. The molecular weight excluding hydrogens is 306 g/mol. The van der Waals surface area contributed by atoms with Crippen molar-refractivity contribution in [2.45, 2.75) is 13.8 Å². The van der Waals surface area contributed by atoms with Crippen LogP contribution in [0.4, 0.5) is 0 Å². The van der Waals surface area contributed by atoms with Gasteiger partial charge in [-0.1, -0.05) is 29.3 Å². The van der Waals surface area contributed by atoms with Crippen LogP contribution < -0.4 is 5.32 Å². The molecule has 1 aromatic heterocycles. The maximum absolute atomic E-state index is 12.0. The van der Waals surface area contributed by atoms with Gasteiger partial charge < -0.3 is 0 Å². The number of amides is 2. The predicted molar refractivity (Wildman–Crippen MR) is 85.5 cm³/mol. The van der Waals surface area contributed by atoms with Crippen molar-refractivity contribution in [1.29, 1.82) is 0 Å². The number of hydrogen-bond acceptors (Lipinski definition) is 3. The Morgan fingerprint density at radius 3 is 2.57 bits per heavy atom. The third-order valence-electron chi connectivity index (χ3n) is 3.27. The van der Waals surface area contributed by atoms with E-state index in [9.17, 15) is 9.59 Å². The number of carbonyl (C=O) groups excluding carboxylic acids is 2. The molecule has 2 amide bonds. The molecule has 3 rings (SSSR count). The zero-order valence-corrected chi connectivity index (χ0v) is 13.1. The highest BCUT2D eigenvalue weighted by atomic mass is 35.5. The fourth-order valence-electron chi connectivity index (χ4n) is 2.32. The fourth-order valence-corrected chi connectivity index (χ4v) is 3.81. The van der Waals surface area contributed by atoms with Crippen LogP contribution in [0.1, 0.15) is 29.1 Å². The van der Waals surface area contributed by atoms with Crippen molar-refractivity contribution >= 4 is 40.3 Å². The summed E-state index contributed by atoms with van der Waals surface area (Å²) in [5, 5.41) is 3.03. The SMILES string of the molecule is CC(C)=C1C(=O)NC(=O)c2cc(-c3cccc(Cl)c3)sc21. The first-order chi connectivity index (χ1) is 9.97. The van der Waals surface area contributed by atoms with Crippen LogP contribution in [0.25, 0.3) is 16.0 Å². The molecule has 0 saturated heterocycles. The van der Waals surface area contributed by atoms with E-state index >= 15 is 0 Å². The third-order valence-corrected chi connectivity index (χ3v) is 4.70. The molecule has 1 aromatic carbocycles. The highest BCUT2D eigenvalue weighted by molar-refractivity contribution is 7.17. The summed E-state index contributed by atoms with van der Waals surface area (Å²) in [7, 11) is 0. The summed E-state index contributed by atoms with van der Waals surface area (Å²) < 4.78 is 0. The smallest absolute Gasteiger partial charge is 0.259 e. The van der Waals surface area contributed by atoms with E-state index in [4.69, 9.17) is 11.6 Å². The Morgan fingerprint density at radius 1 is 1.14 bits per heavy atom. The van der Waals surface area contributed by atoms with Gasteiger partial charge in [0.15, 0.2) is 0 Å². The van der Waals surface area contributed by atoms with Gasteiger partial charge in [0.05, 0.1) is 16.0 Å². The lowest BCUT2D eigenvalue weighted by atomic mass is 10.00. The van der Waals surface area contributed by atoms with Gasteiger partial charge in [-0.25, -0.2) is 0 Å². The summed E-state index contributed by atoms with van der Waals surface area (Å²) in [4.78, 5) is 25.7. The summed E-state index contributed by atoms with van der Waals surface area (Å²) in [5.41, 5.74) is 2.96. The van der Waals surface area contributed by atoms with E-state index < -0.39 is 0 Å². The Morgan fingerprint density at radius 2 is 1.90 bits per heavy atom. The molecule has 5 heteroatoms. The van der Waals surface area contributed by atoms with E-state index in [1.807, 2.05) is 38.1 Å². The molecule has 0 saturated carbocycles. The Kier molecular flexibility index (Phi) is 3.43. The number of hydrogen-bond donors (Lipinski definition) is 1. The molecule has 1 aliphatic rings. The largest absolute Gasteiger partial charge is 0.288 e. The molecule has 0 atom stereocenters. The Bertz CT molecular complexity index is 800. The van der Waals surface area contributed by atoms with Crippen LogP contribution in [0.3, 0.4) is 0 Å². The number of carbonyl (C=O) groups is 2. The van der Waals surface area contributed by atoms with E-state index in [2.05, 4.69) is 5.32 Å². The van der Waals surface area contributed by atoms with Crippen LogP contribution in [0.2, 0.25) is 5.02 Å². The van der Waals surface area contributed by atoms with E-state index in [1.165, 1.54) is 11.3 Å². The Hall–Kier alpha value is -1.91. The van der Waals surface area contributed by atoms with Crippen LogP contribution >= 0.6 is 22.9 Å². The zero-order valence-electron chi connectivity index (χ0n) is 11.5. The molecular formula is C16H12ClNO2S. The fraction of sp³-hybridized carbons (Fsp3) is 0.125. The van der Waals surface area contributed by atoms with Crippen molar-refractivity contribution in [3.8, 4) is 10.4 Å². The van der Waals surface area contributed by atoms with Crippen molar-refractivity contribution in [2.24, 2.45) is 0 Å². The minimum Gasteiger partial charge on any atom is -0.288 e. The predicted octanol–water partition coefficient (Wildman–Crippen LogP) is 4.13. The molecule has 1 aliphatic heterocycles. The lowest BCUT2D eigenvalue weighted by molar-refractivity contribution is -0.114. The summed E-state index contributed by atoms with van der Waals surface area (Å²) in [6, 6.07) is 9.27. The number of allylic oxidation sites excluding steroid dienone is 1. The number of imide groups is 1. The zero-order chi connectivity index (χ0) is 15.1. The molecule has 0 bridgehead atoms. The van der Waals surface area contributed by atoms with Gasteiger partial charge in [-0.2, -0.15) is 0 Å². The minimum atomic E-state index is -0.343. The number of fused-ring (bicyclic) bond motifs is 1. The topological polar surface area (TPSA) is 46.2 Å². The molecule has 106 valence electrons. The molecule has 0 spiro atoms. The number of rotatable bonds is 1. The number of halogens is 1. The minimum absolute atomic E-state index is 0.327. The first-order valence-corrected chi connectivity index (χ1v) is 7.60. The Labute approximate surface area is 131 Å². The van der Waals surface area contributed by atoms with Crippen molar-refractivity contribution in [2.75, 3.05) is 0 Å². The van der Waals surface area contributed by atoms with Gasteiger partial charge in [-0.05, 0) is 37.6 Å². The number of benzene rings is 1. The van der Waals surface area contributed by atoms with E-state index in [0.29, 0.717) is 16.2 Å². The normalized spacial score (nSPS) is 14.0. The number of nitrogens with one attached hydrogen (secondary N) is 1. The summed E-state index contributed by atoms with van der Waals surface area (Å²) >= 11 is 7.46. The monoisotopic (exact) mass is 317 g/mol. The molecule has 0 aliphatic carbocycles. The van der Waals surface area contributed by atoms with Gasteiger partial charge in [0.25, 0.3) is 11.8 Å². The van der Waals surface area contributed by atoms with Crippen LogP contribution in [0, 0.1) is 0 Å². The molecule has 0 radical (unpaired) electrons. The maximum atomic E-state index is 12.0. The maximum Gasteiger partial charge on any atom is 0.259 e. The van der Waals surface area contributed by atoms with Gasteiger partial charge >= 0.3 is 0 Å². The first kappa shape index (κ1) is 14.0. The van der Waals surface area contributed by atoms with Crippen molar-refractivity contribution in [1.82, 2.24) is 5.32 Å². The quantitative estimate of drug-likeness (QED) is 0.635. The van der Waals surface area contributed by atoms with E-state index in [0.717, 1.165) is 20.9 Å². The van der Waals surface area contributed by atoms with Crippen molar-refractivity contribution in [3.05, 3.63) is 51.4 Å². The molecule has 2 heterocycles. The molecule has 0 unspecified atom stereocenters. The van der Waals surface area contributed by atoms with Crippen LogP contribution in [-0.2, 0) is 4.79 Å². The van der Waals surface area contributed by atoms with Gasteiger partial charge in [-0.3, -0.25) is 14.9 Å². The highest BCUT2D eigenvalue weighted by Crippen LogP contribution is 2.39. The lowest BCUT2D eigenvalue weighted by Crippen LogP contribution is -2.35. The van der Waals surface area contributed by atoms with Crippen LogP contribution in [0.5, 0.6) is 0 Å². The molecule has 21 heavy (non-hydrogen) atoms. The highest BCUT2D eigenvalue weighted by Gasteiger charge is 2.30. The second-order valence-electron chi connectivity index (χ2n) is 5.02. The molecule has 1 N–H and O–H groups in total. The summed E-state index contributed by atoms with van der Waals surface area (Å²) in [5.74, 6) is -0.670. The lowest BCUT2D eigenvalue weighted by Gasteiger charge is -2.15. The standard InChI is InChI=1S/C16H12ClNO2S/c1-8(2)13-14-11(15(19)18-16(13)20)7-12(21-14)9-4-3-5-10(17)6-9/h3-7H,1-2H3,(H,18,19,20). The van der Waals surface area contributed by atoms with Gasteiger partial charge in [0, 0.05) is 9.90 Å². The van der Waals surface area contributed by atoms with E-state index in [1.54, 1.807) is 6.07 Å². The second-order valence-corrected chi connectivity index (χ2v) is 6.51. The molecule has 2 aromatic rings. The average molecular weight is 318 g/mol. The third kappa shape index (κ3) is 2.41. The molecule has 0 fully saturated rings. The van der Waals surface area contributed by atoms with Crippen molar-refractivity contribution < 1.29 is 9.59 Å². The van der Waals surface area contributed by atoms with Gasteiger partial charge in [-0.15, -0.1) is 11.3 Å². The first-order valence-electron chi connectivity index (χ1n) is 6.40. The van der Waals surface area contributed by atoms with E-state index in [-0.39, 0.29) is 11.8 Å². The van der Waals surface area contributed by atoms with Crippen LogP contribution in [0.15, 0.2) is 35.9 Å². The average Bonchev–Trinajstić information content (AvgIpc) is 2.83. The summed E-state index contributed by atoms with van der Waals surface area (Å²) in [6.45, 7) is 3.74. The van der Waals surface area contributed by atoms with Gasteiger partial charge in [0.2, 0.25) is 0 Å².